The molecule has 0 amide bonds. The van der Waals surface area contributed by atoms with E-state index in [1.807, 2.05) is 0 Å². The second kappa shape index (κ2) is 5.35. The van der Waals surface area contributed by atoms with E-state index in [0.29, 0.717) is 0 Å². The number of hydrogen-bond donors (Lipinski definition) is 1. The van der Waals surface area contributed by atoms with Crippen LogP contribution in [0.15, 0.2) is 18.2 Å². The number of fused-ring (bicyclic) bond motifs is 1. The Morgan fingerprint density at radius 2 is 2.19 bits per heavy atom. The summed E-state index contributed by atoms with van der Waals surface area (Å²) >= 11 is 0. The Labute approximate surface area is 98.4 Å². The smallest absolute Gasteiger partial charge is 0.0398 e. The number of hydrogen-bond acceptors (Lipinski definition) is 2. The molecule has 1 aliphatic rings. The zero-order valence-electron chi connectivity index (χ0n) is 10.2. The van der Waals surface area contributed by atoms with E-state index in [2.05, 4.69) is 30.0 Å². The first-order chi connectivity index (χ1) is 7.81. The summed E-state index contributed by atoms with van der Waals surface area (Å²) < 4.78 is 0. The Balaban J connectivity index is 2.07. The van der Waals surface area contributed by atoms with Gasteiger partial charge < -0.3 is 10.6 Å². The summed E-state index contributed by atoms with van der Waals surface area (Å²) in [6.45, 7) is 5.36. The molecule has 2 N–H and O–H groups in total. The minimum absolute atomic E-state index is 0.814. The van der Waals surface area contributed by atoms with Crippen LogP contribution < -0.4 is 10.6 Å². The van der Waals surface area contributed by atoms with Gasteiger partial charge in [-0.1, -0.05) is 17.7 Å². The van der Waals surface area contributed by atoms with Gasteiger partial charge in [0, 0.05) is 18.8 Å². The second-order valence-electron chi connectivity index (χ2n) is 4.72. The molecule has 0 saturated heterocycles. The van der Waals surface area contributed by atoms with Gasteiger partial charge in [-0.3, -0.25) is 0 Å². The van der Waals surface area contributed by atoms with Crippen LogP contribution in [0.2, 0.25) is 0 Å². The first-order valence-corrected chi connectivity index (χ1v) is 6.36. The fourth-order valence-corrected chi connectivity index (χ4v) is 2.48. The van der Waals surface area contributed by atoms with Gasteiger partial charge in [-0.05, 0) is 50.8 Å². The molecule has 0 atom stereocenters. The summed E-state index contributed by atoms with van der Waals surface area (Å²) in [5, 5.41) is 0. The molecule has 0 saturated carbocycles. The number of unbranched alkanes of at least 4 members (excludes halogenated alkanes) is 1. The van der Waals surface area contributed by atoms with E-state index in [1.165, 1.54) is 42.6 Å². The molecule has 2 heteroatoms. The molecule has 0 fully saturated rings. The quantitative estimate of drug-likeness (QED) is 0.787. The van der Waals surface area contributed by atoms with Crippen molar-refractivity contribution in [3.63, 3.8) is 0 Å². The van der Waals surface area contributed by atoms with Crippen molar-refractivity contribution in [1.29, 1.82) is 0 Å². The largest absolute Gasteiger partial charge is 0.371 e. The average molecular weight is 218 g/mol. The average Bonchev–Trinajstić information content (AvgIpc) is 2.29. The zero-order valence-corrected chi connectivity index (χ0v) is 10.2. The highest BCUT2D eigenvalue weighted by Gasteiger charge is 2.15. The minimum Gasteiger partial charge on any atom is -0.371 e. The molecule has 1 aromatic carbocycles. The lowest BCUT2D eigenvalue weighted by Crippen LogP contribution is -2.30. The first kappa shape index (κ1) is 11.5. The van der Waals surface area contributed by atoms with Crippen molar-refractivity contribution in [2.24, 2.45) is 5.73 Å². The molecule has 2 rings (SSSR count). The van der Waals surface area contributed by atoms with Gasteiger partial charge in [0.2, 0.25) is 0 Å². The predicted molar refractivity (Wildman–Crippen MR) is 70.0 cm³/mol. The lowest BCUT2D eigenvalue weighted by atomic mass is 9.99. The van der Waals surface area contributed by atoms with Crippen LogP contribution in [0.25, 0.3) is 0 Å². The van der Waals surface area contributed by atoms with Crippen LogP contribution >= 0.6 is 0 Å². The topological polar surface area (TPSA) is 29.3 Å². The highest BCUT2D eigenvalue weighted by molar-refractivity contribution is 5.56. The monoisotopic (exact) mass is 218 g/mol. The summed E-state index contributed by atoms with van der Waals surface area (Å²) in [6, 6.07) is 6.84. The molecule has 88 valence electrons. The molecule has 0 bridgehead atoms. The van der Waals surface area contributed by atoms with Gasteiger partial charge in [0.05, 0.1) is 0 Å². The highest BCUT2D eigenvalue weighted by Crippen LogP contribution is 2.27. The fraction of sp³-hybridized carbons (Fsp3) is 0.571. The van der Waals surface area contributed by atoms with Crippen LogP contribution in [0, 0.1) is 6.92 Å². The Kier molecular flexibility index (Phi) is 3.83. The van der Waals surface area contributed by atoms with Crippen LogP contribution in [-0.4, -0.2) is 19.6 Å². The maximum Gasteiger partial charge on any atom is 0.0398 e. The minimum atomic E-state index is 0.814. The lowest BCUT2D eigenvalue weighted by molar-refractivity contribution is 0.647. The van der Waals surface area contributed by atoms with Crippen LogP contribution in [0.3, 0.4) is 0 Å². The third-order valence-corrected chi connectivity index (χ3v) is 3.33. The maximum atomic E-state index is 5.54. The van der Waals surface area contributed by atoms with E-state index in [9.17, 15) is 0 Å². The summed E-state index contributed by atoms with van der Waals surface area (Å²) in [6.07, 6.45) is 4.88. The zero-order chi connectivity index (χ0) is 11.4. The first-order valence-electron chi connectivity index (χ1n) is 6.36. The molecule has 1 aliphatic heterocycles. The molecule has 0 spiro atoms. The van der Waals surface area contributed by atoms with E-state index in [1.54, 1.807) is 0 Å². The van der Waals surface area contributed by atoms with Crippen LogP contribution in [0.5, 0.6) is 0 Å². The summed E-state index contributed by atoms with van der Waals surface area (Å²) in [7, 11) is 0. The SMILES string of the molecule is Cc1ccc2c(c1)CCCN2CCCCN. The number of aryl methyl sites for hydroxylation is 2. The maximum absolute atomic E-state index is 5.54. The Morgan fingerprint density at radius 1 is 1.31 bits per heavy atom. The molecular weight excluding hydrogens is 196 g/mol. The van der Waals surface area contributed by atoms with E-state index in [0.717, 1.165) is 19.5 Å². The fourth-order valence-electron chi connectivity index (χ4n) is 2.48. The summed E-state index contributed by atoms with van der Waals surface area (Å²) in [5.74, 6) is 0. The number of anilines is 1. The second-order valence-corrected chi connectivity index (χ2v) is 4.72. The lowest BCUT2D eigenvalue weighted by Gasteiger charge is -2.31. The van der Waals surface area contributed by atoms with Crippen LogP contribution in [-0.2, 0) is 6.42 Å². The van der Waals surface area contributed by atoms with E-state index in [4.69, 9.17) is 5.73 Å². The number of nitrogens with two attached hydrogens (primary N) is 1. The molecule has 0 aromatic heterocycles. The molecule has 1 aromatic rings. The molecule has 2 nitrogen and oxygen atoms in total. The Bertz CT molecular complexity index is 347. The van der Waals surface area contributed by atoms with Crippen molar-refractivity contribution in [3.05, 3.63) is 29.3 Å². The van der Waals surface area contributed by atoms with Gasteiger partial charge in [0.15, 0.2) is 0 Å². The molecule has 0 unspecified atom stereocenters. The van der Waals surface area contributed by atoms with Gasteiger partial charge in [-0.2, -0.15) is 0 Å². The highest BCUT2D eigenvalue weighted by atomic mass is 15.1. The number of nitrogens with zero attached hydrogens (tertiary/aromatic N) is 1. The molecule has 16 heavy (non-hydrogen) atoms. The van der Waals surface area contributed by atoms with Gasteiger partial charge in [0.25, 0.3) is 0 Å². The molecule has 0 aliphatic carbocycles. The normalized spacial score (nSPS) is 15.0. The van der Waals surface area contributed by atoms with Gasteiger partial charge in [-0.15, -0.1) is 0 Å². The standard InChI is InChI=1S/C14H22N2/c1-12-6-7-14-13(11-12)5-4-10-16(14)9-3-2-8-15/h6-7,11H,2-5,8-10,15H2,1H3. The van der Waals surface area contributed by atoms with Crippen LogP contribution in [0.4, 0.5) is 5.69 Å². The third kappa shape index (κ3) is 2.56. The molecular formula is C14H22N2. The summed E-state index contributed by atoms with van der Waals surface area (Å²) in [4.78, 5) is 2.52. The van der Waals surface area contributed by atoms with Crippen molar-refractivity contribution < 1.29 is 0 Å². The molecule has 0 radical (unpaired) electrons. The van der Waals surface area contributed by atoms with Gasteiger partial charge >= 0.3 is 0 Å². The third-order valence-electron chi connectivity index (χ3n) is 3.33. The number of benzene rings is 1. The predicted octanol–water partition coefficient (Wildman–Crippen LogP) is 2.49. The van der Waals surface area contributed by atoms with Gasteiger partial charge in [-0.25, -0.2) is 0 Å². The number of rotatable bonds is 4. The van der Waals surface area contributed by atoms with Crippen molar-refractivity contribution in [1.82, 2.24) is 0 Å². The van der Waals surface area contributed by atoms with Crippen molar-refractivity contribution >= 4 is 5.69 Å². The van der Waals surface area contributed by atoms with E-state index < -0.39 is 0 Å². The molecule has 1 heterocycles. The van der Waals surface area contributed by atoms with E-state index in [-0.39, 0.29) is 0 Å². The van der Waals surface area contributed by atoms with Gasteiger partial charge in [0.1, 0.15) is 0 Å². The Hall–Kier alpha value is -1.02. The Morgan fingerprint density at radius 3 is 3.00 bits per heavy atom. The van der Waals surface area contributed by atoms with E-state index >= 15 is 0 Å². The summed E-state index contributed by atoms with van der Waals surface area (Å²) in [5.41, 5.74) is 9.90. The van der Waals surface area contributed by atoms with Crippen LogP contribution in [0.1, 0.15) is 30.4 Å². The van der Waals surface area contributed by atoms with Crippen molar-refractivity contribution in [2.75, 3.05) is 24.5 Å². The van der Waals surface area contributed by atoms with Crippen molar-refractivity contribution in [2.45, 2.75) is 32.6 Å². The van der Waals surface area contributed by atoms with Crippen molar-refractivity contribution in [3.8, 4) is 0 Å².